The molecule has 5 nitrogen and oxygen atoms in total. The molecular weight excluding hydrogens is 328 g/mol. The zero-order chi connectivity index (χ0) is 17.4. The van der Waals surface area contributed by atoms with Gasteiger partial charge in [-0.3, -0.25) is 8.98 Å². The van der Waals surface area contributed by atoms with E-state index in [1.54, 1.807) is 24.3 Å². The highest BCUT2D eigenvalue weighted by atomic mass is 32.2. The molecule has 3 aliphatic rings. The molecule has 1 aromatic carbocycles. The van der Waals surface area contributed by atoms with Crippen LogP contribution in [-0.4, -0.2) is 26.6 Å². The van der Waals surface area contributed by atoms with E-state index in [9.17, 15) is 13.2 Å². The van der Waals surface area contributed by atoms with Crippen LogP contribution in [0.4, 0.5) is 0 Å². The Morgan fingerprint density at radius 2 is 1.58 bits per heavy atom. The summed E-state index contributed by atoms with van der Waals surface area (Å²) in [6.07, 6.45) is 3.64. The highest BCUT2D eigenvalue weighted by Crippen LogP contribution is 2.55. The van der Waals surface area contributed by atoms with Gasteiger partial charge in [-0.05, 0) is 64.5 Å². The van der Waals surface area contributed by atoms with Crippen molar-refractivity contribution >= 4 is 16.1 Å². The molecule has 0 heterocycles. The average Bonchev–Trinajstić information content (AvgIpc) is 2.56. The second-order valence-electron chi connectivity index (χ2n) is 7.03. The number of carbonyl (C=O) groups is 1. The Morgan fingerprint density at radius 3 is 2.08 bits per heavy atom. The van der Waals surface area contributed by atoms with Gasteiger partial charge in [-0.1, -0.05) is 17.7 Å². The second kappa shape index (κ2) is 6.15. The van der Waals surface area contributed by atoms with Crippen LogP contribution in [0.5, 0.6) is 0 Å². The van der Waals surface area contributed by atoms with E-state index >= 15 is 0 Å². The zero-order valence-corrected chi connectivity index (χ0v) is 15.0. The fourth-order valence-electron chi connectivity index (χ4n) is 3.85. The van der Waals surface area contributed by atoms with E-state index in [4.69, 9.17) is 8.92 Å². The first-order valence-corrected chi connectivity index (χ1v) is 9.91. The molecular formula is C18H24O5S. The molecule has 0 unspecified atom stereocenters. The lowest BCUT2D eigenvalue weighted by atomic mass is 9.58. The van der Waals surface area contributed by atoms with Crippen LogP contribution >= 0.6 is 0 Å². The maximum atomic E-state index is 12.6. The number of hydrogen-bond acceptors (Lipinski definition) is 5. The van der Waals surface area contributed by atoms with Crippen LogP contribution in [0, 0.1) is 12.3 Å². The van der Waals surface area contributed by atoms with Gasteiger partial charge in [-0.15, -0.1) is 0 Å². The highest BCUT2D eigenvalue weighted by Gasteiger charge is 2.55. The maximum absolute atomic E-state index is 12.6. The molecule has 132 valence electrons. The van der Waals surface area contributed by atoms with Gasteiger partial charge < -0.3 is 4.74 Å². The van der Waals surface area contributed by atoms with E-state index < -0.39 is 21.1 Å². The van der Waals surface area contributed by atoms with E-state index in [-0.39, 0.29) is 10.9 Å². The van der Waals surface area contributed by atoms with Gasteiger partial charge >= 0.3 is 5.97 Å². The smallest absolute Gasteiger partial charge is 0.312 e. The Labute approximate surface area is 143 Å². The molecule has 0 aromatic heterocycles. The van der Waals surface area contributed by atoms with Crippen LogP contribution in [0.25, 0.3) is 0 Å². The van der Waals surface area contributed by atoms with Gasteiger partial charge in [-0.25, -0.2) is 0 Å². The van der Waals surface area contributed by atoms with Crippen molar-refractivity contribution in [2.24, 2.45) is 5.41 Å². The third-order valence-corrected chi connectivity index (χ3v) is 6.90. The van der Waals surface area contributed by atoms with Crippen LogP contribution in [-0.2, 0) is 23.8 Å². The molecule has 2 bridgehead atoms. The van der Waals surface area contributed by atoms with E-state index in [1.165, 1.54) is 0 Å². The van der Waals surface area contributed by atoms with Gasteiger partial charge in [0.05, 0.1) is 22.5 Å². The summed E-state index contributed by atoms with van der Waals surface area (Å²) < 4.78 is 36.1. The predicted molar refractivity (Wildman–Crippen MR) is 88.9 cm³/mol. The first-order valence-electron chi connectivity index (χ1n) is 8.50. The molecule has 3 saturated carbocycles. The number of benzene rings is 1. The number of rotatable bonds is 5. The molecule has 0 aliphatic heterocycles. The summed E-state index contributed by atoms with van der Waals surface area (Å²) in [7, 11) is -3.79. The third kappa shape index (κ3) is 3.09. The Morgan fingerprint density at radius 1 is 1.04 bits per heavy atom. The summed E-state index contributed by atoms with van der Waals surface area (Å²) in [4.78, 5) is 12.4. The summed E-state index contributed by atoms with van der Waals surface area (Å²) in [5, 5.41) is 0. The summed E-state index contributed by atoms with van der Waals surface area (Å²) in [6.45, 7) is 4.10. The molecule has 4 rings (SSSR count). The molecule has 6 heteroatoms. The number of fused-ring (bicyclic) bond motifs is 3. The molecule has 0 spiro atoms. The topological polar surface area (TPSA) is 69.7 Å². The zero-order valence-electron chi connectivity index (χ0n) is 14.2. The third-order valence-electron chi connectivity index (χ3n) is 5.48. The van der Waals surface area contributed by atoms with E-state index in [1.807, 2.05) is 13.8 Å². The van der Waals surface area contributed by atoms with Crippen molar-refractivity contribution in [1.29, 1.82) is 0 Å². The van der Waals surface area contributed by atoms with Crippen LogP contribution in [0.1, 0.15) is 51.0 Å². The molecule has 0 amide bonds. The van der Waals surface area contributed by atoms with Crippen molar-refractivity contribution in [3.05, 3.63) is 29.8 Å². The number of aryl methyl sites for hydroxylation is 1. The molecule has 0 saturated heterocycles. The number of esters is 1. The fourth-order valence-corrected chi connectivity index (χ4v) is 5.13. The maximum Gasteiger partial charge on any atom is 0.312 e. The average molecular weight is 352 g/mol. The minimum Gasteiger partial charge on any atom is -0.466 e. The van der Waals surface area contributed by atoms with E-state index in [2.05, 4.69) is 0 Å². The lowest BCUT2D eigenvalue weighted by Crippen LogP contribution is -2.52. The van der Waals surface area contributed by atoms with Crippen molar-refractivity contribution in [2.45, 2.75) is 62.9 Å². The van der Waals surface area contributed by atoms with Crippen molar-refractivity contribution < 1.29 is 22.1 Å². The van der Waals surface area contributed by atoms with Gasteiger partial charge in [0.2, 0.25) is 0 Å². The second-order valence-corrected chi connectivity index (χ2v) is 8.58. The standard InChI is InChI=1S/C18H24O5S/c1-3-22-16(19)17-8-11-18(12-9-17,13-10-17)23-24(20,21)15-6-4-14(2)5-7-15/h4-7H,3,8-13H2,1-2H3. The predicted octanol–water partition coefficient (Wildman–Crippen LogP) is 3.36. The number of hydrogen-bond donors (Lipinski definition) is 0. The molecule has 3 aliphatic carbocycles. The number of ether oxygens (including phenoxy) is 1. The normalized spacial score (nSPS) is 29.4. The van der Waals surface area contributed by atoms with Crippen molar-refractivity contribution in [2.75, 3.05) is 6.61 Å². The SMILES string of the molecule is CCOC(=O)C12CCC(OS(=O)(=O)c3ccc(C)cc3)(CC1)CC2. The quantitative estimate of drug-likeness (QED) is 0.600. The number of carbonyl (C=O) groups excluding carboxylic acids is 1. The summed E-state index contributed by atoms with van der Waals surface area (Å²) in [6, 6.07) is 6.69. The molecule has 0 radical (unpaired) electrons. The van der Waals surface area contributed by atoms with Crippen molar-refractivity contribution in [3.63, 3.8) is 0 Å². The van der Waals surface area contributed by atoms with Crippen LogP contribution in [0.2, 0.25) is 0 Å². The first kappa shape index (κ1) is 17.4. The molecule has 3 fully saturated rings. The van der Waals surface area contributed by atoms with Gasteiger partial charge in [0.1, 0.15) is 0 Å². The van der Waals surface area contributed by atoms with E-state index in [0.717, 1.165) is 5.56 Å². The molecule has 0 atom stereocenters. The Bertz CT molecular complexity index is 696. The lowest BCUT2D eigenvalue weighted by molar-refractivity contribution is -0.168. The van der Waals surface area contributed by atoms with Crippen LogP contribution in [0.15, 0.2) is 29.2 Å². The van der Waals surface area contributed by atoms with Crippen molar-refractivity contribution in [3.8, 4) is 0 Å². The largest absolute Gasteiger partial charge is 0.466 e. The molecule has 1 aromatic rings. The summed E-state index contributed by atoms with van der Waals surface area (Å²) in [5.74, 6) is -0.139. The Hall–Kier alpha value is -1.40. The minimum absolute atomic E-state index is 0.139. The van der Waals surface area contributed by atoms with Crippen LogP contribution in [0.3, 0.4) is 0 Å². The fraction of sp³-hybridized carbons (Fsp3) is 0.611. The van der Waals surface area contributed by atoms with E-state index in [0.29, 0.717) is 45.1 Å². The highest BCUT2D eigenvalue weighted by molar-refractivity contribution is 7.86. The monoisotopic (exact) mass is 352 g/mol. The van der Waals surface area contributed by atoms with Gasteiger partial charge in [-0.2, -0.15) is 8.42 Å². The first-order chi connectivity index (χ1) is 11.3. The summed E-state index contributed by atoms with van der Waals surface area (Å²) >= 11 is 0. The lowest BCUT2D eigenvalue weighted by Gasteiger charge is -2.50. The van der Waals surface area contributed by atoms with Gasteiger partial charge in [0.15, 0.2) is 0 Å². The summed E-state index contributed by atoms with van der Waals surface area (Å²) in [5.41, 5.74) is -0.103. The molecule has 0 N–H and O–H groups in total. The van der Waals surface area contributed by atoms with Gasteiger partial charge in [0, 0.05) is 0 Å². The minimum atomic E-state index is -3.79. The molecule has 24 heavy (non-hydrogen) atoms. The Kier molecular flexibility index (Phi) is 4.47. The van der Waals surface area contributed by atoms with Gasteiger partial charge in [0.25, 0.3) is 10.1 Å². The van der Waals surface area contributed by atoms with Crippen molar-refractivity contribution in [1.82, 2.24) is 0 Å². The Balaban J connectivity index is 1.74. The van der Waals surface area contributed by atoms with Crippen LogP contribution < -0.4 is 0 Å².